The molecule has 1 aliphatic rings. The topological polar surface area (TPSA) is 45.5 Å². The number of carbonyl (C=O) groups excluding carboxylic acids is 1. The van der Waals surface area contributed by atoms with Crippen molar-refractivity contribution < 1.29 is 13.6 Å². The highest BCUT2D eigenvalue weighted by Gasteiger charge is 2.33. The van der Waals surface area contributed by atoms with E-state index in [4.69, 9.17) is 4.42 Å². The maximum atomic E-state index is 13.1. The number of rotatable bonds is 5. The number of hydrogen-bond donors (Lipinski definition) is 1. The van der Waals surface area contributed by atoms with E-state index < -0.39 is 0 Å². The van der Waals surface area contributed by atoms with E-state index in [9.17, 15) is 9.18 Å². The van der Waals surface area contributed by atoms with Gasteiger partial charge in [0.15, 0.2) is 0 Å². The molecular weight excluding hydrogens is 331 g/mol. The van der Waals surface area contributed by atoms with Crippen molar-refractivity contribution in [3.63, 3.8) is 0 Å². The van der Waals surface area contributed by atoms with Crippen molar-refractivity contribution in [1.29, 1.82) is 0 Å². The van der Waals surface area contributed by atoms with Gasteiger partial charge in [0, 0.05) is 18.0 Å². The summed E-state index contributed by atoms with van der Waals surface area (Å²) in [4.78, 5) is 14.6. The summed E-state index contributed by atoms with van der Waals surface area (Å²) < 4.78 is 18.9. The lowest BCUT2D eigenvalue weighted by molar-refractivity contribution is 0.187. The lowest BCUT2D eigenvalue weighted by Gasteiger charge is -2.24. The van der Waals surface area contributed by atoms with Crippen LogP contribution in [0, 0.1) is 5.82 Å². The number of urea groups is 1. The van der Waals surface area contributed by atoms with Gasteiger partial charge in [0.25, 0.3) is 0 Å². The number of fused-ring (bicyclic) bond motifs is 1. The summed E-state index contributed by atoms with van der Waals surface area (Å²) in [5.74, 6) is 0.465. The zero-order chi connectivity index (χ0) is 18.1. The number of hydrogen-bond acceptors (Lipinski definition) is 2. The van der Waals surface area contributed by atoms with E-state index in [1.165, 1.54) is 12.1 Å². The lowest BCUT2D eigenvalue weighted by Crippen LogP contribution is -2.41. The number of nitrogens with one attached hydrogen (secondary N) is 1. The summed E-state index contributed by atoms with van der Waals surface area (Å²) in [5, 5.41) is 4.05. The van der Waals surface area contributed by atoms with Crippen molar-refractivity contribution in [2.45, 2.75) is 38.4 Å². The molecule has 2 amide bonds. The highest BCUT2D eigenvalue weighted by Crippen LogP contribution is 2.29. The number of halogens is 1. The molecule has 134 valence electrons. The maximum absolute atomic E-state index is 13.1. The Bertz CT molecular complexity index is 882. The first-order valence-electron chi connectivity index (χ1n) is 8.90. The number of amides is 2. The third kappa shape index (κ3) is 3.57. The summed E-state index contributed by atoms with van der Waals surface area (Å²) in [6, 6.07) is 15.9. The Morgan fingerprint density at radius 2 is 1.96 bits per heavy atom. The summed E-state index contributed by atoms with van der Waals surface area (Å²) in [6.45, 7) is 2.39. The van der Waals surface area contributed by atoms with Crippen LogP contribution in [0.25, 0.3) is 11.0 Å². The van der Waals surface area contributed by atoms with Crippen molar-refractivity contribution in [2.24, 2.45) is 0 Å². The highest BCUT2D eigenvalue weighted by atomic mass is 19.1. The molecule has 5 heteroatoms. The zero-order valence-electron chi connectivity index (χ0n) is 14.6. The fraction of sp³-hybridized carbons (Fsp3) is 0.286. The third-order valence-electron chi connectivity index (χ3n) is 4.73. The minimum atomic E-state index is -0.269. The van der Waals surface area contributed by atoms with Crippen LogP contribution in [0.2, 0.25) is 0 Å². The standard InChI is InChI=1S/C21H21FN2O2/c1-14(20-12-16-4-2-3-5-19(16)26-20)23-21(25)24(18-10-11-18)13-15-6-8-17(22)9-7-15/h2-9,12,14,18H,10-11,13H2,1H3,(H,23,25). The zero-order valence-corrected chi connectivity index (χ0v) is 14.6. The Morgan fingerprint density at radius 3 is 2.65 bits per heavy atom. The van der Waals surface area contributed by atoms with E-state index in [1.54, 1.807) is 12.1 Å². The molecule has 1 fully saturated rings. The summed E-state index contributed by atoms with van der Waals surface area (Å²) >= 11 is 0. The van der Waals surface area contributed by atoms with Crippen LogP contribution in [0.3, 0.4) is 0 Å². The third-order valence-corrected chi connectivity index (χ3v) is 4.73. The van der Waals surface area contributed by atoms with E-state index in [1.807, 2.05) is 42.2 Å². The fourth-order valence-corrected chi connectivity index (χ4v) is 3.09. The van der Waals surface area contributed by atoms with Crippen LogP contribution < -0.4 is 5.32 Å². The largest absolute Gasteiger partial charge is 0.459 e. The van der Waals surface area contributed by atoms with E-state index in [0.29, 0.717) is 6.54 Å². The molecule has 1 aromatic heterocycles. The molecule has 0 bridgehead atoms. The van der Waals surface area contributed by atoms with Crippen LogP contribution in [0.4, 0.5) is 9.18 Å². The molecule has 4 nitrogen and oxygen atoms in total. The summed E-state index contributed by atoms with van der Waals surface area (Å²) in [6.07, 6.45) is 2.02. The number of nitrogens with zero attached hydrogens (tertiary/aromatic N) is 1. The van der Waals surface area contributed by atoms with Gasteiger partial charge in [-0.05, 0) is 49.6 Å². The first kappa shape index (κ1) is 16.6. The van der Waals surface area contributed by atoms with E-state index in [-0.39, 0.29) is 23.9 Å². The predicted octanol–water partition coefficient (Wildman–Crippen LogP) is 5.01. The molecule has 0 radical (unpaired) electrons. The van der Waals surface area contributed by atoms with Gasteiger partial charge in [-0.1, -0.05) is 30.3 Å². The molecule has 26 heavy (non-hydrogen) atoms. The van der Waals surface area contributed by atoms with Crippen LogP contribution >= 0.6 is 0 Å². The van der Waals surface area contributed by atoms with Gasteiger partial charge in [-0.25, -0.2) is 9.18 Å². The fourth-order valence-electron chi connectivity index (χ4n) is 3.09. The van der Waals surface area contributed by atoms with Gasteiger partial charge in [0.2, 0.25) is 0 Å². The molecule has 1 N–H and O–H groups in total. The molecule has 0 aliphatic heterocycles. The number of para-hydroxylation sites is 1. The van der Waals surface area contributed by atoms with Crippen LogP contribution in [-0.2, 0) is 6.54 Å². The first-order valence-corrected chi connectivity index (χ1v) is 8.90. The molecule has 1 atom stereocenters. The average Bonchev–Trinajstić information content (AvgIpc) is 3.38. The van der Waals surface area contributed by atoms with E-state index >= 15 is 0 Å². The Labute approximate surface area is 151 Å². The van der Waals surface area contributed by atoms with Gasteiger partial charge in [-0.2, -0.15) is 0 Å². The van der Waals surface area contributed by atoms with Crippen molar-refractivity contribution >= 4 is 17.0 Å². The Hall–Kier alpha value is -2.82. The normalized spacial score (nSPS) is 15.0. The van der Waals surface area contributed by atoms with E-state index in [0.717, 1.165) is 35.1 Å². The Balaban J connectivity index is 1.46. The number of carbonyl (C=O) groups is 1. The predicted molar refractivity (Wildman–Crippen MR) is 98.1 cm³/mol. The SMILES string of the molecule is CC(NC(=O)N(Cc1ccc(F)cc1)C1CC1)c1cc2ccccc2o1. The van der Waals surface area contributed by atoms with E-state index in [2.05, 4.69) is 5.32 Å². The van der Waals surface area contributed by atoms with Gasteiger partial charge >= 0.3 is 6.03 Å². The molecule has 1 saturated carbocycles. The second-order valence-electron chi connectivity index (χ2n) is 6.84. The average molecular weight is 352 g/mol. The minimum absolute atomic E-state index is 0.121. The molecule has 0 saturated heterocycles. The van der Waals surface area contributed by atoms with Gasteiger partial charge in [-0.3, -0.25) is 0 Å². The Kier molecular flexibility index (Phi) is 4.37. The van der Waals surface area contributed by atoms with Crippen molar-refractivity contribution in [3.8, 4) is 0 Å². The maximum Gasteiger partial charge on any atom is 0.318 e. The summed E-state index contributed by atoms with van der Waals surface area (Å²) in [7, 11) is 0. The molecule has 3 aromatic rings. The molecule has 0 spiro atoms. The Morgan fingerprint density at radius 1 is 1.23 bits per heavy atom. The smallest absolute Gasteiger partial charge is 0.318 e. The van der Waals surface area contributed by atoms with Gasteiger partial charge in [-0.15, -0.1) is 0 Å². The minimum Gasteiger partial charge on any atom is -0.459 e. The van der Waals surface area contributed by atoms with Crippen LogP contribution in [0.15, 0.2) is 59.0 Å². The monoisotopic (exact) mass is 352 g/mol. The number of furan rings is 1. The molecule has 1 heterocycles. The quantitative estimate of drug-likeness (QED) is 0.702. The lowest BCUT2D eigenvalue weighted by atomic mass is 10.2. The molecule has 1 aliphatic carbocycles. The van der Waals surface area contributed by atoms with Crippen molar-refractivity contribution in [1.82, 2.24) is 10.2 Å². The first-order chi connectivity index (χ1) is 12.6. The summed E-state index contributed by atoms with van der Waals surface area (Å²) in [5.41, 5.74) is 1.74. The van der Waals surface area contributed by atoms with Gasteiger partial charge in [0.1, 0.15) is 17.2 Å². The van der Waals surface area contributed by atoms with Crippen molar-refractivity contribution in [2.75, 3.05) is 0 Å². The van der Waals surface area contributed by atoms with Crippen LogP contribution in [-0.4, -0.2) is 17.0 Å². The molecular formula is C21H21FN2O2. The molecule has 2 aromatic carbocycles. The molecule has 4 rings (SSSR count). The van der Waals surface area contributed by atoms with Crippen LogP contribution in [0.5, 0.6) is 0 Å². The highest BCUT2D eigenvalue weighted by molar-refractivity contribution is 5.79. The number of benzene rings is 2. The van der Waals surface area contributed by atoms with Gasteiger partial charge < -0.3 is 14.6 Å². The molecule has 1 unspecified atom stereocenters. The second-order valence-corrected chi connectivity index (χ2v) is 6.84. The van der Waals surface area contributed by atoms with Gasteiger partial charge in [0.05, 0.1) is 6.04 Å². The van der Waals surface area contributed by atoms with Crippen molar-refractivity contribution in [3.05, 3.63) is 71.7 Å². The second kappa shape index (κ2) is 6.83. The van der Waals surface area contributed by atoms with Crippen LogP contribution in [0.1, 0.15) is 37.1 Å².